The van der Waals surface area contributed by atoms with Gasteiger partial charge in [0, 0.05) is 24.3 Å². The number of benzene rings is 1. The van der Waals surface area contributed by atoms with Crippen LogP contribution in [0.4, 0.5) is 10.1 Å². The fourth-order valence-electron chi connectivity index (χ4n) is 3.26. The minimum atomic E-state index is -3.92. The van der Waals surface area contributed by atoms with Gasteiger partial charge in [-0.05, 0) is 53.9 Å². The second kappa shape index (κ2) is 5.49. The Hall–Kier alpha value is -0.700. The van der Waals surface area contributed by atoms with Crippen molar-refractivity contribution in [3.63, 3.8) is 0 Å². The van der Waals surface area contributed by atoms with E-state index in [1.54, 1.807) is 0 Å². The van der Waals surface area contributed by atoms with Crippen LogP contribution in [0.3, 0.4) is 0 Å². The van der Waals surface area contributed by atoms with Crippen molar-refractivity contribution in [1.82, 2.24) is 9.62 Å². The number of rotatable bonds is 3. The maximum absolute atomic E-state index is 14.1. The molecule has 0 aliphatic carbocycles. The van der Waals surface area contributed by atoms with Crippen molar-refractivity contribution in [2.24, 2.45) is 0 Å². The number of nitrogens with two attached hydrogens (primary N) is 1. The molecule has 1 aromatic carbocycles. The van der Waals surface area contributed by atoms with E-state index in [1.165, 1.54) is 6.07 Å². The second-order valence-electron chi connectivity index (χ2n) is 5.58. The molecule has 2 atom stereocenters. The zero-order valence-electron chi connectivity index (χ0n) is 11.4. The van der Waals surface area contributed by atoms with Crippen molar-refractivity contribution in [1.29, 1.82) is 0 Å². The number of halogens is 2. The maximum Gasteiger partial charge on any atom is 0.243 e. The van der Waals surface area contributed by atoms with Gasteiger partial charge in [0.2, 0.25) is 10.0 Å². The van der Waals surface area contributed by atoms with Crippen molar-refractivity contribution >= 4 is 31.6 Å². The predicted octanol–water partition coefficient (Wildman–Crippen LogP) is 1.69. The number of hydrogen-bond donors (Lipinski definition) is 2. The lowest BCUT2D eigenvalue weighted by Crippen LogP contribution is -2.42. The second-order valence-corrected chi connectivity index (χ2v) is 8.11. The summed E-state index contributed by atoms with van der Waals surface area (Å²) in [5, 5.41) is 0. The van der Waals surface area contributed by atoms with Gasteiger partial charge < -0.3 is 5.73 Å². The summed E-state index contributed by atoms with van der Waals surface area (Å²) in [6, 6.07) is 2.58. The Balaban J connectivity index is 1.88. The number of hydrogen-bond acceptors (Lipinski definition) is 4. The molecule has 3 rings (SSSR count). The highest BCUT2D eigenvalue weighted by atomic mass is 79.9. The van der Waals surface area contributed by atoms with Gasteiger partial charge in [-0.25, -0.2) is 17.5 Å². The summed E-state index contributed by atoms with van der Waals surface area (Å²) in [5.41, 5.74) is 5.83. The van der Waals surface area contributed by atoms with Gasteiger partial charge in [0.05, 0.1) is 4.47 Å². The first kappa shape index (κ1) is 15.2. The van der Waals surface area contributed by atoms with E-state index in [9.17, 15) is 12.8 Å². The minimum absolute atomic E-state index is 0.0526. The molecule has 0 spiro atoms. The monoisotopic (exact) mass is 377 g/mol. The van der Waals surface area contributed by atoms with E-state index in [2.05, 4.69) is 25.6 Å². The standard InChI is InChI=1S/C13H17BrFN3O2S/c14-9-6-8(16)7-12(13(9)15)21(19,20)17-10-3-5-18-4-1-2-11(10)18/h6-7,10-11,17H,1-5,16H2. The summed E-state index contributed by atoms with van der Waals surface area (Å²) in [5.74, 6) is -0.807. The molecule has 2 heterocycles. The summed E-state index contributed by atoms with van der Waals surface area (Å²) in [7, 11) is -3.92. The van der Waals surface area contributed by atoms with Crippen LogP contribution >= 0.6 is 15.9 Å². The average molecular weight is 378 g/mol. The molecule has 116 valence electrons. The molecule has 0 bridgehead atoms. The molecule has 8 heteroatoms. The van der Waals surface area contributed by atoms with Crippen LogP contribution in [0.5, 0.6) is 0 Å². The Morgan fingerprint density at radius 3 is 2.86 bits per heavy atom. The Bertz CT molecular complexity index is 668. The van der Waals surface area contributed by atoms with Crippen LogP contribution in [0.1, 0.15) is 19.3 Å². The first-order valence-corrected chi connectivity index (χ1v) is 9.17. The van der Waals surface area contributed by atoms with Crippen molar-refractivity contribution in [3.05, 3.63) is 22.4 Å². The summed E-state index contributed by atoms with van der Waals surface area (Å²) in [6.07, 6.45) is 2.83. The van der Waals surface area contributed by atoms with E-state index in [1.807, 2.05) is 0 Å². The van der Waals surface area contributed by atoms with Gasteiger partial charge in [0.25, 0.3) is 0 Å². The third-order valence-corrected chi connectivity index (χ3v) is 6.29. The topological polar surface area (TPSA) is 75.4 Å². The lowest BCUT2D eigenvalue weighted by Gasteiger charge is -2.21. The molecule has 2 unspecified atom stereocenters. The average Bonchev–Trinajstić information content (AvgIpc) is 2.98. The molecule has 3 N–H and O–H groups in total. The van der Waals surface area contributed by atoms with Crippen LogP contribution in [0.15, 0.2) is 21.5 Å². The SMILES string of the molecule is Nc1cc(Br)c(F)c(S(=O)(=O)NC2CCN3CCCC23)c1. The number of sulfonamides is 1. The van der Waals surface area contributed by atoms with Crippen molar-refractivity contribution in [2.75, 3.05) is 18.8 Å². The van der Waals surface area contributed by atoms with Crippen molar-refractivity contribution in [3.8, 4) is 0 Å². The van der Waals surface area contributed by atoms with Crippen LogP contribution in [0, 0.1) is 5.82 Å². The molecule has 1 aromatic rings. The molecule has 0 amide bonds. The number of nitrogens with zero attached hydrogens (tertiary/aromatic N) is 1. The minimum Gasteiger partial charge on any atom is -0.399 e. The Labute approximate surface area is 131 Å². The summed E-state index contributed by atoms with van der Waals surface area (Å²) in [4.78, 5) is 1.89. The Morgan fingerprint density at radius 1 is 1.33 bits per heavy atom. The van der Waals surface area contributed by atoms with Crippen molar-refractivity contribution in [2.45, 2.75) is 36.2 Å². The molecule has 2 fully saturated rings. The largest absolute Gasteiger partial charge is 0.399 e. The fourth-order valence-corrected chi connectivity index (χ4v) is 5.31. The van der Waals surface area contributed by atoms with Gasteiger partial charge >= 0.3 is 0 Å². The van der Waals surface area contributed by atoms with Crippen LogP contribution in [-0.4, -0.2) is 38.5 Å². The maximum atomic E-state index is 14.1. The normalized spacial score (nSPS) is 26.2. The molecule has 2 aliphatic heterocycles. The van der Waals surface area contributed by atoms with Crippen LogP contribution < -0.4 is 10.5 Å². The van der Waals surface area contributed by atoms with E-state index in [-0.39, 0.29) is 22.2 Å². The van der Waals surface area contributed by atoms with Gasteiger partial charge in [-0.3, -0.25) is 4.90 Å². The fraction of sp³-hybridized carbons (Fsp3) is 0.538. The van der Waals surface area contributed by atoms with E-state index in [0.717, 1.165) is 38.4 Å². The number of anilines is 1. The number of nitrogens with one attached hydrogen (secondary N) is 1. The number of nitrogen functional groups attached to an aromatic ring is 1. The van der Waals surface area contributed by atoms with E-state index >= 15 is 0 Å². The Morgan fingerprint density at radius 2 is 2.10 bits per heavy atom. The van der Waals surface area contributed by atoms with Crippen molar-refractivity contribution < 1.29 is 12.8 Å². The zero-order chi connectivity index (χ0) is 15.2. The van der Waals surface area contributed by atoms with Gasteiger partial charge in [-0.15, -0.1) is 0 Å². The van der Waals surface area contributed by atoms with Gasteiger partial charge in [0.1, 0.15) is 4.90 Å². The predicted molar refractivity (Wildman–Crippen MR) is 81.8 cm³/mol. The smallest absolute Gasteiger partial charge is 0.243 e. The van der Waals surface area contributed by atoms with Gasteiger partial charge in [-0.1, -0.05) is 0 Å². The summed E-state index contributed by atoms with van der Waals surface area (Å²) >= 11 is 2.99. The highest BCUT2D eigenvalue weighted by Gasteiger charge is 2.39. The van der Waals surface area contributed by atoms with E-state index in [0.29, 0.717) is 0 Å². The highest BCUT2D eigenvalue weighted by Crippen LogP contribution is 2.30. The first-order chi connectivity index (χ1) is 9.88. The highest BCUT2D eigenvalue weighted by molar-refractivity contribution is 9.10. The third kappa shape index (κ3) is 2.81. The molecule has 0 saturated carbocycles. The summed E-state index contributed by atoms with van der Waals surface area (Å²) in [6.45, 7) is 1.90. The molecule has 2 aliphatic rings. The molecular weight excluding hydrogens is 361 g/mol. The molecule has 2 saturated heterocycles. The quantitative estimate of drug-likeness (QED) is 0.785. The van der Waals surface area contributed by atoms with Crippen LogP contribution in [0.25, 0.3) is 0 Å². The van der Waals surface area contributed by atoms with Gasteiger partial charge in [-0.2, -0.15) is 0 Å². The summed E-state index contributed by atoms with van der Waals surface area (Å²) < 4.78 is 41.7. The van der Waals surface area contributed by atoms with E-state index in [4.69, 9.17) is 5.73 Å². The first-order valence-electron chi connectivity index (χ1n) is 6.89. The van der Waals surface area contributed by atoms with Crippen LogP contribution in [-0.2, 0) is 10.0 Å². The lowest BCUT2D eigenvalue weighted by atomic mass is 10.1. The van der Waals surface area contributed by atoms with Crippen LogP contribution in [0.2, 0.25) is 0 Å². The molecule has 21 heavy (non-hydrogen) atoms. The zero-order valence-corrected chi connectivity index (χ0v) is 13.8. The third-order valence-electron chi connectivity index (χ3n) is 4.22. The lowest BCUT2D eigenvalue weighted by molar-refractivity contribution is 0.308. The Kier molecular flexibility index (Phi) is 3.98. The molecule has 0 radical (unpaired) electrons. The van der Waals surface area contributed by atoms with E-state index < -0.39 is 20.7 Å². The molecule has 5 nitrogen and oxygen atoms in total. The molecular formula is C13H17BrFN3O2S. The number of fused-ring (bicyclic) bond motifs is 1. The van der Waals surface area contributed by atoms with Gasteiger partial charge in [0.15, 0.2) is 5.82 Å². The molecule has 0 aromatic heterocycles.